The summed E-state index contributed by atoms with van der Waals surface area (Å²) in [6, 6.07) is 1.85. The average molecular weight is 302 g/mol. The van der Waals surface area contributed by atoms with Crippen molar-refractivity contribution in [3.63, 3.8) is 0 Å². The van der Waals surface area contributed by atoms with Crippen LogP contribution in [0.25, 0.3) is 0 Å². The van der Waals surface area contributed by atoms with Crippen molar-refractivity contribution >= 4 is 21.7 Å². The second-order valence-electron chi connectivity index (χ2n) is 5.32. The van der Waals surface area contributed by atoms with E-state index in [4.69, 9.17) is 5.11 Å². The van der Waals surface area contributed by atoms with Gasteiger partial charge in [-0.05, 0) is 21.8 Å². The Balaban J connectivity index is 2.83. The number of nitrogens with zero attached hydrogens (tertiary/aromatic N) is 2. The largest absolute Gasteiger partial charge is 0.396 e. The van der Waals surface area contributed by atoms with Crippen molar-refractivity contribution < 1.29 is 5.11 Å². The van der Waals surface area contributed by atoms with Crippen LogP contribution in [0.3, 0.4) is 0 Å². The van der Waals surface area contributed by atoms with Gasteiger partial charge in [0.15, 0.2) is 0 Å². The molecular weight excluding hydrogens is 282 g/mol. The van der Waals surface area contributed by atoms with Crippen LogP contribution in [-0.2, 0) is 5.41 Å². The van der Waals surface area contributed by atoms with E-state index in [1.54, 1.807) is 0 Å². The minimum absolute atomic E-state index is 0.0806. The van der Waals surface area contributed by atoms with Gasteiger partial charge >= 0.3 is 0 Å². The normalized spacial score (nSPS) is 13.5. The number of halogens is 1. The van der Waals surface area contributed by atoms with E-state index in [1.165, 1.54) is 0 Å². The second-order valence-corrected chi connectivity index (χ2v) is 6.13. The summed E-state index contributed by atoms with van der Waals surface area (Å²) in [4.78, 5) is 8.85. The first-order valence-electron chi connectivity index (χ1n) is 5.72. The smallest absolute Gasteiger partial charge is 0.137 e. The molecule has 0 aliphatic rings. The number of aliphatic hydroxyl groups is 1. The third kappa shape index (κ3) is 4.60. The SMILES string of the molecule is CC(CO)CNc1cc(Br)nc(C(C)(C)C)n1. The van der Waals surface area contributed by atoms with Gasteiger partial charge in [0, 0.05) is 24.6 Å². The molecule has 0 aliphatic heterocycles. The molecule has 0 bridgehead atoms. The van der Waals surface area contributed by atoms with Crippen molar-refractivity contribution in [2.75, 3.05) is 18.5 Å². The van der Waals surface area contributed by atoms with Crippen molar-refractivity contribution in [2.45, 2.75) is 33.1 Å². The fraction of sp³-hybridized carbons (Fsp3) is 0.667. The van der Waals surface area contributed by atoms with Gasteiger partial charge in [-0.1, -0.05) is 27.7 Å². The summed E-state index contributed by atoms with van der Waals surface area (Å²) >= 11 is 3.39. The summed E-state index contributed by atoms with van der Waals surface area (Å²) in [5.41, 5.74) is -0.0806. The van der Waals surface area contributed by atoms with Crippen LogP contribution in [0.4, 0.5) is 5.82 Å². The minimum Gasteiger partial charge on any atom is -0.396 e. The molecule has 1 rings (SSSR count). The maximum atomic E-state index is 8.97. The van der Waals surface area contributed by atoms with Crippen molar-refractivity contribution in [2.24, 2.45) is 5.92 Å². The highest BCUT2D eigenvalue weighted by molar-refractivity contribution is 9.10. The quantitative estimate of drug-likeness (QED) is 0.839. The summed E-state index contributed by atoms with van der Waals surface area (Å²) in [7, 11) is 0. The molecule has 17 heavy (non-hydrogen) atoms. The number of aliphatic hydroxyl groups excluding tert-OH is 1. The molecule has 5 heteroatoms. The first-order valence-corrected chi connectivity index (χ1v) is 6.52. The standard InChI is InChI=1S/C12H20BrN3O/c1-8(7-17)6-14-10-5-9(13)15-11(16-10)12(2,3)4/h5,8,17H,6-7H2,1-4H3,(H,14,15,16). The van der Waals surface area contributed by atoms with Gasteiger partial charge in [0.05, 0.1) is 0 Å². The molecule has 2 N–H and O–H groups in total. The Morgan fingerprint density at radius 3 is 2.59 bits per heavy atom. The van der Waals surface area contributed by atoms with Crippen LogP contribution in [0.2, 0.25) is 0 Å². The van der Waals surface area contributed by atoms with Crippen LogP contribution >= 0.6 is 15.9 Å². The van der Waals surface area contributed by atoms with Gasteiger partial charge in [-0.15, -0.1) is 0 Å². The molecule has 0 aliphatic carbocycles. The second kappa shape index (κ2) is 5.78. The molecular formula is C12H20BrN3O. The van der Waals surface area contributed by atoms with E-state index in [0.717, 1.165) is 16.2 Å². The maximum Gasteiger partial charge on any atom is 0.137 e. The first-order chi connectivity index (χ1) is 7.82. The molecule has 96 valence electrons. The van der Waals surface area contributed by atoms with Gasteiger partial charge in [-0.2, -0.15) is 0 Å². The molecule has 1 atom stereocenters. The highest BCUT2D eigenvalue weighted by Gasteiger charge is 2.18. The number of hydrogen-bond acceptors (Lipinski definition) is 4. The zero-order valence-corrected chi connectivity index (χ0v) is 12.4. The molecule has 0 saturated heterocycles. The van der Waals surface area contributed by atoms with E-state index in [-0.39, 0.29) is 17.9 Å². The molecule has 1 heterocycles. The maximum absolute atomic E-state index is 8.97. The summed E-state index contributed by atoms with van der Waals surface area (Å²) in [5, 5.41) is 12.2. The van der Waals surface area contributed by atoms with Gasteiger partial charge in [-0.25, -0.2) is 9.97 Å². The summed E-state index contributed by atoms with van der Waals surface area (Å²) in [6.07, 6.45) is 0. The third-order valence-electron chi connectivity index (χ3n) is 2.31. The predicted molar refractivity (Wildman–Crippen MR) is 73.2 cm³/mol. The number of rotatable bonds is 4. The van der Waals surface area contributed by atoms with Crippen molar-refractivity contribution in [3.8, 4) is 0 Å². The Morgan fingerprint density at radius 1 is 1.41 bits per heavy atom. The summed E-state index contributed by atoms with van der Waals surface area (Å²) < 4.78 is 0.775. The number of anilines is 1. The molecule has 1 aromatic heterocycles. The summed E-state index contributed by atoms with van der Waals surface area (Å²) in [6.45, 7) is 9.08. The van der Waals surface area contributed by atoms with E-state index in [1.807, 2.05) is 13.0 Å². The minimum atomic E-state index is -0.0806. The number of nitrogens with one attached hydrogen (secondary N) is 1. The lowest BCUT2D eigenvalue weighted by atomic mass is 9.96. The van der Waals surface area contributed by atoms with Crippen molar-refractivity contribution in [3.05, 3.63) is 16.5 Å². The van der Waals surface area contributed by atoms with Gasteiger partial charge in [-0.3, -0.25) is 0 Å². The summed E-state index contributed by atoms with van der Waals surface area (Å²) in [5.74, 6) is 1.80. The Hall–Kier alpha value is -0.680. The molecule has 4 nitrogen and oxygen atoms in total. The van der Waals surface area contributed by atoms with Crippen LogP contribution in [0.1, 0.15) is 33.5 Å². The molecule has 0 aromatic carbocycles. The van der Waals surface area contributed by atoms with E-state index in [9.17, 15) is 0 Å². The highest BCUT2D eigenvalue weighted by Crippen LogP contribution is 2.22. The third-order valence-corrected chi connectivity index (χ3v) is 2.72. The van der Waals surface area contributed by atoms with Crippen LogP contribution in [-0.4, -0.2) is 28.2 Å². The van der Waals surface area contributed by atoms with E-state index >= 15 is 0 Å². The van der Waals surface area contributed by atoms with Crippen LogP contribution in [0.15, 0.2) is 10.7 Å². The molecule has 0 spiro atoms. The van der Waals surface area contributed by atoms with E-state index < -0.39 is 0 Å². The fourth-order valence-corrected chi connectivity index (χ4v) is 1.57. The number of aromatic nitrogens is 2. The van der Waals surface area contributed by atoms with Crippen molar-refractivity contribution in [1.82, 2.24) is 9.97 Å². The highest BCUT2D eigenvalue weighted by atomic mass is 79.9. The lowest BCUT2D eigenvalue weighted by Gasteiger charge is -2.18. The van der Waals surface area contributed by atoms with Gasteiger partial charge in [0.25, 0.3) is 0 Å². The molecule has 1 unspecified atom stereocenters. The molecule has 0 fully saturated rings. The average Bonchev–Trinajstić information content (AvgIpc) is 2.24. The van der Waals surface area contributed by atoms with E-state index in [0.29, 0.717) is 6.54 Å². The lowest BCUT2D eigenvalue weighted by Crippen LogP contribution is -2.19. The monoisotopic (exact) mass is 301 g/mol. The Bertz CT molecular complexity index is 377. The lowest BCUT2D eigenvalue weighted by molar-refractivity contribution is 0.244. The van der Waals surface area contributed by atoms with E-state index in [2.05, 4.69) is 52.0 Å². The van der Waals surface area contributed by atoms with Crippen LogP contribution in [0.5, 0.6) is 0 Å². The van der Waals surface area contributed by atoms with Crippen LogP contribution < -0.4 is 5.32 Å². The number of hydrogen-bond donors (Lipinski definition) is 2. The van der Waals surface area contributed by atoms with Crippen LogP contribution in [0, 0.1) is 5.92 Å². The Morgan fingerprint density at radius 2 is 2.06 bits per heavy atom. The first kappa shape index (κ1) is 14.4. The fourth-order valence-electron chi connectivity index (χ4n) is 1.19. The molecule has 0 saturated carbocycles. The van der Waals surface area contributed by atoms with Gasteiger partial charge in [0.1, 0.15) is 16.2 Å². The van der Waals surface area contributed by atoms with Gasteiger partial charge < -0.3 is 10.4 Å². The zero-order valence-electron chi connectivity index (χ0n) is 10.8. The molecule has 0 radical (unpaired) electrons. The molecule has 1 aromatic rings. The predicted octanol–water partition coefficient (Wildman–Crippen LogP) is 2.58. The van der Waals surface area contributed by atoms with Crippen molar-refractivity contribution in [1.29, 1.82) is 0 Å². The Kier molecular flexibility index (Phi) is 4.89. The van der Waals surface area contributed by atoms with Gasteiger partial charge in [0.2, 0.25) is 0 Å². The Labute approximate surface area is 111 Å². The zero-order chi connectivity index (χ0) is 13.1. The molecule has 0 amide bonds. The topological polar surface area (TPSA) is 58.0 Å².